The summed E-state index contributed by atoms with van der Waals surface area (Å²) < 4.78 is 35.0. The van der Waals surface area contributed by atoms with Gasteiger partial charge in [-0.25, -0.2) is 8.42 Å². The largest absolute Gasteiger partial charge is 0.477 e. The first-order valence-electron chi connectivity index (χ1n) is 14.1. The molecule has 41 heavy (non-hydrogen) atoms. The molecule has 9 heteroatoms. The highest BCUT2D eigenvalue weighted by molar-refractivity contribution is 7.89. The highest BCUT2D eigenvalue weighted by Crippen LogP contribution is 2.36. The van der Waals surface area contributed by atoms with Crippen LogP contribution in [0.2, 0.25) is 0 Å². The van der Waals surface area contributed by atoms with Crippen molar-refractivity contribution in [3.63, 3.8) is 0 Å². The zero-order chi connectivity index (χ0) is 29.1. The number of hydrogen-bond donors (Lipinski definition) is 1. The normalized spacial score (nSPS) is 19.2. The zero-order valence-electron chi connectivity index (χ0n) is 23.8. The Bertz CT molecular complexity index is 1520. The fraction of sp³-hybridized carbons (Fsp3) is 0.375. The Morgan fingerprint density at radius 3 is 2.37 bits per heavy atom. The zero-order valence-corrected chi connectivity index (χ0v) is 24.6. The van der Waals surface area contributed by atoms with E-state index in [0.717, 1.165) is 11.1 Å². The highest BCUT2D eigenvalue weighted by Gasteiger charge is 2.40. The molecule has 0 aliphatic carbocycles. The molecule has 0 radical (unpaired) electrons. The van der Waals surface area contributed by atoms with E-state index in [1.54, 1.807) is 23.1 Å². The number of hydrogen-bond acceptors (Lipinski definition) is 5. The predicted octanol–water partition coefficient (Wildman–Crippen LogP) is 4.17. The van der Waals surface area contributed by atoms with Gasteiger partial charge in [0.1, 0.15) is 5.75 Å². The number of fused-ring (bicyclic) bond motifs is 1. The van der Waals surface area contributed by atoms with E-state index in [4.69, 9.17) is 4.74 Å². The minimum absolute atomic E-state index is 0.0619. The number of ether oxygens (including phenoxy) is 1. The van der Waals surface area contributed by atoms with Crippen molar-refractivity contribution in [2.75, 3.05) is 31.1 Å². The summed E-state index contributed by atoms with van der Waals surface area (Å²) in [7, 11) is -3.78. The molecule has 2 aliphatic rings. The van der Waals surface area contributed by atoms with Gasteiger partial charge in [-0.3, -0.25) is 9.59 Å². The molecule has 5 rings (SSSR count). The van der Waals surface area contributed by atoms with Gasteiger partial charge in [0.25, 0.3) is 5.91 Å². The van der Waals surface area contributed by atoms with Crippen molar-refractivity contribution in [3.05, 3.63) is 89.0 Å². The van der Waals surface area contributed by atoms with E-state index < -0.39 is 22.0 Å². The van der Waals surface area contributed by atoms with Crippen LogP contribution in [-0.2, 0) is 26.0 Å². The minimum Gasteiger partial charge on any atom is -0.477 e. The van der Waals surface area contributed by atoms with Crippen LogP contribution in [0.1, 0.15) is 35.1 Å². The van der Waals surface area contributed by atoms with Crippen LogP contribution in [0.15, 0.2) is 71.6 Å². The van der Waals surface area contributed by atoms with Crippen molar-refractivity contribution in [1.29, 1.82) is 0 Å². The second kappa shape index (κ2) is 12.0. The van der Waals surface area contributed by atoms with Crippen molar-refractivity contribution < 1.29 is 22.7 Å². The van der Waals surface area contributed by atoms with Gasteiger partial charge in [-0.1, -0.05) is 60.2 Å². The van der Waals surface area contributed by atoms with Crippen LogP contribution in [0.5, 0.6) is 5.75 Å². The molecule has 2 heterocycles. The monoisotopic (exact) mass is 575 g/mol. The maximum absolute atomic E-state index is 14.0. The van der Waals surface area contributed by atoms with E-state index in [1.807, 2.05) is 69.3 Å². The summed E-state index contributed by atoms with van der Waals surface area (Å²) in [5, 5.41) is 2.94. The average molecular weight is 576 g/mol. The molecule has 2 atom stereocenters. The van der Waals surface area contributed by atoms with Crippen LogP contribution in [0.4, 0.5) is 5.69 Å². The first-order valence-corrected chi connectivity index (χ1v) is 15.6. The maximum Gasteiger partial charge on any atom is 0.262 e. The van der Waals surface area contributed by atoms with Crippen LogP contribution >= 0.6 is 0 Å². The molecular weight excluding hydrogens is 538 g/mol. The first-order chi connectivity index (χ1) is 19.6. The topological polar surface area (TPSA) is 96.0 Å². The van der Waals surface area contributed by atoms with Gasteiger partial charge in [0.15, 0.2) is 6.10 Å². The van der Waals surface area contributed by atoms with E-state index in [9.17, 15) is 18.0 Å². The number of piperidine rings is 1. The summed E-state index contributed by atoms with van der Waals surface area (Å²) in [5.74, 6) is -0.550. The molecule has 216 valence electrons. The SMILES string of the molecule is Cc1cc(C)c(S(=O)(=O)N2CCC[C@H](C(=O)N3C[C@@H](C(=O)NCCc4ccccc4)Oc4ccccc43)C2)c(C)c1. The van der Waals surface area contributed by atoms with Gasteiger partial charge in [-0.05, 0) is 68.9 Å². The van der Waals surface area contributed by atoms with Gasteiger partial charge >= 0.3 is 0 Å². The van der Waals surface area contributed by atoms with Crippen LogP contribution in [0, 0.1) is 26.7 Å². The lowest BCUT2D eigenvalue weighted by molar-refractivity contribution is -0.129. The number of nitrogens with one attached hydrogen (secondary N) is 1. The number of carbonyl (C=O) groups is 2. The lowest BCUT2D eigenvalue weighted by Crippen LogP contribution is -2.54. The van der Waals surface area contributed by atoms with Crippen LogP contribution in [-0.4, -0.2) is 56.8 Å². The van der Waals surface area contributed by atoms with E-state index in [0.29, 0.717) is 59.8 Å². The Morgan fingerprint density at radius 2 is 1.63 bits per heavy atom. The number of amides is 2. The summed E-state index contributed by atoms with van der Waals surface area (Å²) in [6.07, 6.45) is 0.968. The molecule has 1 fully saturated rings. The summed E-state index contributed by atoms with van der Waals surface area (Å²) in [6.45, 7) is 6.55. The van der Waals surface area contributed by atoms with Gasteiger partial charge in [0, 0.05) is 19.6 Å². The molecule has 1 saturated heterocycles. The third-order valence-corrected chi connectivity index (χ3v) is 10.00. The Hall–Kier alpha value is -3.69. The number of carbonyl (C=O) groups excluding carboxylic acids is 2. The molecule has 3 aromatic rings. The van der Waals surface area contributed by atoms with Crippen molar-refractivity contribution in [2.24, 2.45) is 5.92 Å². The van der Waals surface area contributed by atoms with E-state index >= 15 is 0 Å². The van der Waals surface area contributed by atoms with Gasteiger partial charge in [-0.2, -0.15) is 4.31 Å². The van der Waals surface area contributed by atoms with Gasteiger partial charge < -0.3 is 15.0 Å². The van der Waals surface area contributed by atoms with Crippen molar-refractivity contribution >= 4 is 27.5 Å². The number of rotatable bonds is 7. The molecular formula is C32H37N3O5S. The van der Waals surface area contributed by atoms with Crippen molar-refractivity contribution in [1.82, 2.24) is 9.62 Å². The number of aryl methyl sites for hydroxylation is 3. The molecule has 2 amide bonds. The quantitative estimate of drug-likeness (QED) is 0.456. The van der Waals surface area contributed by atoms with Crippen LogP contribution < -0.4 is 15.0 Å². The van der Waals surface area contributed by atoms with Gasteiger partial charge in [0.05, 0.1) is 23.0 Å². The maximum atomic E-state index is 14.0. The lowest BCUT2D eigenvalue weighted by Gasteiger charge is -2.38. The standard InChI is InChI=1S/C32H37N3O5S/c1-22-18-23(2)30(24(3)19-22)41(38,39)34-17-9-12-26(20-34)32(37)35-21-29(40-28-14-8-7-13-27(28)35)31(36)33-16-15-25-10-5-4-6-11-25/h4-8,10-11,13-14,18-19,26,29H,9,12,15-17,20-21H2,1-3H3,(H,33,36)/t26-,29-/m0/s1. The fourth-order valence-electron chi connectivity index (χ4n) is 5.95. The molecule has 8 nitrogen and oxygen atoms in total. The molecule has 0 bridgehead atoms. The third-order valence-electron chi connectivity index (χ3n) is 7.82. The lowest BCUT2D eigenvalue weighted by atomic mass is 9.97. The summed E-state index contributed by atoms with van der Waals surface area (Å²) >= 11 is 0. The average Bonchev–Trinajstić information content (AvgIpc) is 2.96. The van der Waals surface area contributed by atoms with Crippen LogP contribution in [0.3, 0.4) is 0 Å². The van der Waals surface area contributed by atoms with E-state index in [1.165, 1.54) is 4.31 Å². The molecule has 0 spiro atoms. The number of benzene rings is 3. The molecule has 1 N–H and O–H groups in total. The van der Waals surface area contributed by atoms with E-state index in [-0.39, 0.29) is 24.9 Å². The Labute approximate surface area is 242 Å². The Kier molecular flexibility index (Phi) is 8.47. The van der Waals surface area contributed by atoms with Crippen molar-refractivity contribution in [3.8, 4) is 5.75 Å². The smallest absolute Gasteiger partial charge is 0.262 e. The molecule has 2 aliphatic heterocycles. The summed E-state index contributed by atoms with van der Waals surface area (Å²) in [5.41, 5.74) is 4.14. The van der Waals surface area contributed by atoms with Gasteiger partial charge in [0.2, 0.25) is 15.9 Å². The fourth-order valence-corrected chi connectivity index (χ4v) is 7.89. The Morgan fingerprint density at radius 1 is 0.951 bits per heavy atom. The number of anilines is 1. The second-order valence-corrected chi connectivity index (χ2v) is 12.9. The summed E-state index contributed by atoms with van der Waals surface area (Å²) in [4.78, 5) is 29.0. The number of para-hydroxylation sites is 2. The van der Waals surface area contributed by atoms with Crippen molar-refractivity contribution in [2.45, 2.75) is 51.0 Å². The first kappa shape index (κ1) is 28.8. The molecule has 0 unspecified atom stereocenters. The minimum atomic E-state index is -3.78. The highest BCUT2D eigenvalue weighted by atomic mass is 32.2. The summed E-state index contributed by atoms with van der Waals surface area (Å²) in [6, 6.07) is 20.8. The number of nitrogens with zero attached hydrogens (tertiary/aromatic N) is 2. The Balaban J connectivity index is 1.32. The number of sulfonamides is 1. The van der Waals surface area contributed by atoms with Gasteiger partial charge in [-0.15, -0.1) is 0 Å². The van der Waals surface area contributed by atoms with E-state index in [2.05, 4.69) is 5.32 Å². The van der Waals surface area contributed by atoms with Crippen LogP contribution in [0.25, 0.3) is 0 Å². The molecule has 3 aromatic carbocycles. The third kappa shape index (κ3) is 6.16. The predicted molar refractivity (Wildman–Crippen MR) is 159 cm³/mol. The molecule has 0 aromatic heterocycles. The molecule has 0 saturated carbocycles. The second-order valence-electron chi connectivity index (χ2n) is 11.0.